The lowest BCUT2D eigenvalue weighted by Crippen LogP contribution is -2.50. The Morgan fingerprint density at radius 1 is 1.10 bits per heavy atom. The van der Waals surface area contributed by atoms with Crippen LogP contribution < -0.4 is 14.4 Å². The van der Waals surface area contributed by atoms with E-state index >= 15 is 0 Å². The summed E-state index contributed by atoms with van der Waals surface area (Å²) in [6, 6.07) is 15.2. The van der Waals surface area contributed by atoms with E-state index in [-0.39, 0.29) is 6.04 Å². The number of pyridine rings is 1. The van der Waals surface area contributed by atoms with Gasteiger partial charge in [-0.05, 0) is 35.2 Å². The third-order valence-corrected chi connectivity index (χ3v) is 8.30. The fourth-order valence-corrected chi connectivity index (χ4v) is 5.95. The van der Waals surface area contributed by atoms with Crippen molar-refractivity contribution in [2.24, 2.45) is 0 Å². The molecule has 9 heteroatoms. The van der Waals surface area contributed by atoms with Crippen molar-refractivity contribution in [3.8, 4) is 5.75 Å². The third kappa shape index (κ3) is 5.07. The number of aromatic nitrogens is 1. The molecule has 1 aromatic carbocycles. The summed E-state index contributed by atoms with van der Waals surface area (Å²) in [6.45, 7) is 3.56. The normalized spacial score (nSPS) is 16.2. The Morgan fingerprint density at radius 2 is 1.90 bits per heavy atom. The molecule has 2 aromatic heterocycles. The maximum absolute atomic E-state index is 12.7. The smallest absolute Gasteiger partial charge is 0.250 e. The molecule has 164 valence electrons. The van der Waals surface area contributed by atoms with Crippen LogP contribution in [0.1, 0.15) is 11.6 Å². The first-order chi connectivity index (χ1) is 15.1. The standard InChI is InChI=1S/C22H26N4O3S2/c1-29-21-8-3-2-7-19(21)25-11-13-26(14-12-25)20(18-6-4-10-23-16-18)17-24-31(27,28)22-9-5-15-30-22/h2-10,15-16,20,24H,11-14,17H2,1H3. The Kier molecular flexibility index (Phi) is 6.86. The number of anilines is 1. The van der Waals surface area contributed by atoms with Gasteiger partial charge in [-0.1, -0.05) is 24.3 Å². The van der Waals surface area contributed by atoms with Gasteiger partial charge < -0.3 is 9.64 Å². The van der Waals surface area contributed by atoms with Gasteiger partial charge in [-0.2, -0.15) is 0 Å². The van der Waals surface area contributed by atoms with Crippen LogP contribution in [0.3, 0.4) is 0 Å². The van der Waals surface area contributed by atoms with Crippen molar-refractivity contribution in [1.29, 1.82) is 0 Å². The van der Waals surface area contributed by atoms with Gasteiger partial charge in [-0.3, -0.25) is 9.88 Å². The molecule has 1 fully saturated rings. The van der Waals surface area contributed by atoms with Crippen LogP contribution in [0.4, 0.5) is 5.69 Å². The molecule has 1 saturated heterocycles. The van der Waals surface area contributed by atoms with Gasteiger partial charge in [0.15, 0.2) is 0 Å². The van der Waals surface area contributed by atoms with Crippen molar-refractivity contribution in [1.82, 2.24) is 14.6 Å². The van der Waals surface area contributed by atoms with Gasteiger partial charge in [0.1, 0.15) is 9.96 Å². The fraction of sp³-hybridized carbons (Fsp3) is 0.318. The number of benzene rings is 1. The molecule has 1 aliphatic rings. The van der Waals surface area contributed by atoms with Crippen LogP contribution in [-0.4, -0.2) is 58.1 Å². The van der Waals surface area contributed by atoms with E-state index < -0.39 is 10.0 Å². The Balaban J connectivity index is 1.48. The maximum atomic E-state index is 12.7. The van der Waals surface area contributed by atoms with Crippen molar-refractivity contribution in [2.75, 3.05) is 44.7 Å². The van der Waals surface area contributed by atoms with E-state index in [2.05, 4.69) is 25.6 Å². The Bertz CT molecular complexity index is 1070. The number of hydrogen-bond donors (Lipinski definition) is 1. The van der Waals surface area contributed by atoms with Crippen LogP contribution in [0.2, 0.25) is 0 Å². The second-order valence-corrected chi connectivity index (χ2v) is 10.2. The van der Waals surface area contributed by atoms with Crippen molar-refractivity contribution < 1.29 is 13.2 Å². The Morgan fingerprint density at radius 3 is 2.58 bits per heavy atom. The topological polar surface area (TPSA) is 74.8 Å². The maximum Gasteiger partial charge on any atom is 0.250 e. The monoisotopic (exact) mass is 458 g/mol. The van der Waals surface area contributed by atoms with Gasteiger partial charge in [0, 0.05) is 45.1 Å². The summed E-state index contributed by atoms with van der Waals surface area (Å²) < 4.78 is 34.0. The SMILES string of the molecule is COc1ccccc1N1CCN(C(CNS(=O)(=O)c2cccs2)c2cccnc2)CC1. The van der Waals surface area contributed by atoms with Gasteiger partial charge in [-0.25, -0.2) is 13.1 Å². The highest BCUT2D eigenvalue weighted by Crippen LogP contribution is 2.30. The largest absolute Gasteiger partial charge is 0.495 e. The summed E-state index contributed by atoms with van der Waals surface area (Å²) in [5.41, 5.74) is 2.09. The fourth-order valence-electron chi connectivity index (χ4n) is 3.87. The molecule has 1 N–H and O–H groups in total. The minimum absolute atomic E-state index is 0.0942. The summed E-state index contributed by atoms with van der Waals surface area (Å²) in [4.78, 5) is 8.88. The van der Waals surface area contributed by atoms with Crippen LogP contribution in [0, 0.1) is 0 Å². The predicted octanol–water partition coefficient (Wildman–Crippen LogP) is 2.99. The minimum atomic E-state index is -3.53. The van der Waals surface area contributed by atoms with Crippen molar-refractivity contribution >= 4 is 27.0 Å². The van der Waals surface area contributed by atoms with Crippen molar-refractivity contribution in [2.45, 2.75) is 10.3 Å². The van der Waals surface area contributed by atoms with E-state index in [0.29, 0.717) is 10.8 Å². The summed E-state index contributed by atoms with van der Waals surface area (Å²) >= 11 is 1.22. The molecule has 1 aliphatic heterocycles. The summed E-state index contributed by atoms with van der Waals surface area (Å²) in [7, 11) is -1.84. The van der Waals surface area contributed by atoms with E-state index in [9.17, 15) is 8.42 Å². The molecule has 0 aliphatic carbocycles. The van der Waals surface area contributed by atoms with Crippen molar-refractivity contribution in [3.63, 3.8) is 0 Å². The highest BCUT2D eigenvalue weighted by molar-refractivity contribution is 7.91. The van der Waals surface area contributed by atoms with Crippen LogP contribution in [0.5, 0.6) is 5.75 Å². The van der Waals surface area contributed by atoms with E-state index in [4.69, 9.17) is 4.74 Å². The Labute approximate surface area is 187 Å². The highest BCUT2D eigenvalue weighted by Gasteiger charge is 2.28. The van der Waals surface area contributed by atoms with Gasteiger partial charge >= 0.3 is 0 Å². The van der Waals surface area contributed by atoms with Crippen LogP contribution in [-0.2, 0) is 10.0 Å². The molecule has 0 amide bonds. The van der Waals surface area contributed by atoms with Gasteiger partial charge in [0.2, 0.25) is 10.0 Å². The first-order valence-electron chi connectivity index (χ1n) is 10.1. The van der Waals surface area contributed by atoms with Crippen LogP contribution >= 0.6 is 11.3 Å². The lowest BCUT2D eigenvalue weighted by Gasteiger charge is -2.40. The molecule has 3 aromatic rings. The third-order valence-electron chi connectivity index (χ3n) is 5.48. The average molecular weight is 459 g/mol. The van der Waals surface area contributed by atoms with Crippen LogP contribution in [0.15, 0.2) is 70.5 Å². The number of rotatable bonds is 8. The average Bonchev–Trinajstić information content (AvgIpc) is 3.36. The van der Waals surface area contributed by atoms with Gasteiger partial charge in [0.05, 0.1) is 18.8 Å². The molecule has 3 heterocycles. The lowest BCUT2D eigenvalue weighted by atomic mass is 10.1. The zero-order chi connectivity index (χ0) is 21.7. The number of nitrogens with zero attached hydrogens (tertiary/aromatic N) is 3. The molecule has 0 bridgehead atoms. The van der Waals surface area contributed by atoms with Gasteiger partial charge in [0.25, 0.3) is 0 Å². The first-order valence-corrected chi connectivity index (χ1v) is 12.5. The van der Waals surface area contributed by atoms with Gasteiger partial charge in [-0.15, -0.1) is 11.3 Å². The van der Waals surface area contributed by atoms with Crippen LogP contribution in [0.25, 0.3) is 0 Å². The van der Waals surface area contributed by atoms with E-state index in [1.54, 1.807) is 30.8 Å². The number of piperazine rings is 1. The summed E-state index contributed by atoms with van der Waals surface area (Å²) in [5, 5.41) is 1.77. The second-order valence-electron chi connectivity index (χ2n) is 7.28. The molecular formula is C22H26N4O3S2. The number of methoxy groups -OCH3 is 1. The molecular weight excluding hydrogens is 432 g/mol. The number of hydrogen-bond acceptors (Lipinski definition) is 7. The predicted molar refractivity (Wildman–Crippen MR) is 123 cm³/mol. The first kappa shape index (κ1) is 21.8. The zero-order valence-electron chi connectivity index (χ0n) is 17.3. The number of ether oxygens (including phenoxy) is 1. The number of nitrogens with one attached hydrogen (secondary N) is 1. The minimum Gasteiger partial charge on any atom is -0.495 e. The Hall–Kier alpha value is -2.46. The quantitative estimate of drug-likeness (QED) is 0.559. The summed E-state index contributed by atoms with van der Waals surface area (Å²) in [6.07, 6.45) is 3.55. The number of sulfonamides is 1. The second kappa shape index (κ2) is 9.78. The lowest BCUT2D eigenvalue weighted by molar-refractivity contribution is 0.186. The molecule has 0 spiro atoms. The number of thiophene rings is 1. The van der Waals surface area contributed by atoms with E-state index in [1.165, 1.54) is 11.3 Å². The summed E-state index contributed by atoms with van der Waals surface area (Å²) in [5.74, 6) is 0.864. The van der Waals surface area contributed by atoms with E-state index in [0.717, 1.165) is 43.2 Å². The molecule has 1 atom stereocenters. The molecule has 4 rings (SSSR count). The molecule has 7 nitrogen and oxygen atoms in total. The number of para-hydroxylation sites is 2. The van der Waals surface area contributed by atoms with Crippen molar-refractivity contribution in [3.05, 3.63) is 71.9 Å². The molecule has 31 heavy (non-hydrogen) atoms. The molecule has 1 unspecified atom stereocenters. The zero-order valence-corrected chi connectivity index (χ0v) is 19.0. The molecule has 0 saturated carbocycles. The molecule has 0 radical (unpaired) electrons. The highest BCUT2D eigenvalue weighted by atomic mass is 32.2. The van der Waals surface area contributed by atoms with E-state index in [1.807, 2.05) is 36.5 Å².